The summed E-state index contributed by atoms with van der Waals surface area (Å²) in [5.74, 6) is 1.67. The molecule has 0 unspecified atom stereocenters. The second-order valence-corrected chi connectivity index (χ2v) is 3.54. The van der Waals surface area contributed by atoms with Gasteiger partial charge in [-0.25, -0.2) is 4.98 Å². The van der Waals surface area contributed by atoms with E-state index in [1.165, 1.54) is 0 Å². The maximum Gasteiger partial charge on any atom is 0.208 e. The number of oxazole rings is 1. The largest absolute Gasteiger partial charge is 0.444 e. The maximum absolute atomic E-state index is 5.48. The van der Waals surface area contributed by atoms with Crippen molar-refractivity contribution in [3.05, 3.63) is 47.9 Å². The summed E-state index contributed by atoms with van der Waals surface area (Å²) in [7, 11) is 0. The summed E-state index contributed by atoms with van der Waals surface area (Å²) in [6, 6.07) is 3.96. The van der Waals surface area contributed by atoms with Gasteiger partial charge in [-0.15, -0.1) is 0 Å². The van der Waals surface area contributed by atoms with E-state index in [0.29, 0.717) is 6.54 Å². The van der Waals surface area contributed by atoms with E-state index in [4.69, 9.17) is 4.42 Å². The molecule has 2 aromatic heterocycles. The van der Waals surface area contributed by atoms with E-state index >= 15 is 0 Å². The molecular weight excluding hydrogens is 202 g/mol. The smallest absolute Gasteiger partial charge is 0.208 e. The van der Waals surface area contributed by atoms with Crippen molar-refractivity contribution in [1.82, 2.24) is 15.3 Å². The lowest BCUT2D eigenvalue weighted by atomic mass is 10.3. The van der Waals surface area contributed by atoms with Crippen molar-refractivity contribution in [2.45, 2.75) is 26.4 Å². The van der Waals surface area contributed by atoms with E-state index in [1.54, 1.807) is 12.4 Å². The van der Waals surface area contributed by atoms with Crippen LogP contribution < -0.4 is 5.32 Å². The third kappa shape index (κ3) is 2.90. The highest BCUT2D eigenvalue weighted by Crippen LogP contribution is 2.04. The van der Waals surface area contributed by atoms with Gasteiger partial charge in [0.2, 0.25) is 5.89 Å². The molecule has 0 aliphatic carbocycles. The van der Waals surface area contributed by atoms with Crippen LogP contribution in [0.1, 0.15) is 24.1 Å². The molecule has 84 valence electrons. The third-order valence-electron chi connectivity index (χ3n) is 2.28. The third-order valence-corrected chi connectivity index (χ3v) is 2.28. The lowest BCUT2D eigenvalue weighted by molar-refractivity contribution is 0.439. The Balaban J connectivity index is 1.80. The van der Waals surface area contributed by atoms with Gasteiger partial charge >= 0.3 is 0 Å². The van der Waals surface area contributed by atoms with Crippen LogP contribution in [0.25, 0.3) is 0 Å². The molecule has 0 bridgehead atoms. The molecule has 1 N–H and O–H groups in total. The molecule has 0 fully saturated rings. The minimum absolute atomic E-state index is 0.648. The van der Waals surface area contributed by atoms with E-state index < -0.39 is 0 Å². The second kappa shape index (κ2) is 5.42. The molecule has 2 heterocycles. The van der Waals surface area contributed by atoms with Crippen molar-refractivity contribution >= 4 is 0 Å². The lowest BCUT2D eigenvalue weighted by Gasteiger charge is -2.01. The molecule has 0 spiro atoms. The SMILES string of the molecule is CCc1cnc(CNCc2cccnc2)o1. The quantitative estimate of drug-likeness (QED) is 0.831. The molecule has 4 nitrogen and oxygen atoms in total. The van der Waals surface area contributed by atoms with E-state index in [1.807, 2.05) is 25.3 Å². The maximum atomic E-state index is 5.48. The topological polar surface area (TPSA) is 51.0 Å². The van der Waals surface area contributed by atoms with Crippen LogP contribution in [-0.4, -0.2) is 9.97 Å². The number of rotatable bonds is 5. The van der Waals surface area contributed by atoms with Gasteiger partial charge < -0.3 is 9.73 Å². The Morgan fingerprint density at radius 3 is 2.94 bits per heavy atom. The summed E-state index contributed by atoms with van der Waals surface area (Å²) in [4.78, 5) is 8.22. The van der Waals surface area contributed by atoms with Gasteiger partial charge in [0.1, 0.15) is 5.76 Å². The van der Waals surface area contributed by atoms with Crippen molar-refractivity contribution < 1.29 is 4.42 Å². The zero-order chi connectivity index (χ0) is 11.2. The molecular formula is C12H15N3O. The van der Waals surface area contributed by atoms with Gasteiger partial charge in [-0.3, -0.25) is 4.98 Å². The minimum Gasteiger partial charge on any atom is -0.444 e. The molecule has 2 aromatic rings. The number of hydrogen-bond donors (Lipinski definition) is 1. The molecule has 0 atom stereocenters. The minimum atomic E-state index is 0.648. The zero-order valence-corrected chi connectivity index (χ0v) is 9.31. The van der Waals surface area contributed by atoms with Crippen molar-refractivity contribution in [2.24, 2.45) is 0 Å². The highest BCUT2D eigenvalue weighted by Gasteiger charge is 2.01. The van der Waals surface area contributed by atoms with Gasteiger partial charge in [0.05, 0.1) is 12.7 Å². The average Bonchev–Trinajstić information content (AvgIpc) is 2.78. The summed E-state index contributed by atoms with van der Waals surface area (Å²) >= 11 is 0. The van der Waals surface area contributed by atoms with Crippen LogP contribution >= 0.6 is 0 Å². The first-order valence-electron chi connectivity index (χ1n) is 5.41. The second-order valence-electron chi connectivity index (χ2n) is 3.54. The Bertz CT molecular complexity index is 425. The van der Waals surface area contributed by atoms with Crippen molar-refractivity contribution in [1.29, 1.82) is 0 Å². The molecule has 0 aromatic carbocycles. The van der Waals surface area contributed by atoms with Gasteiger partial charge in [-0.05, 0) is 11.6 Å². The first-order valence-corrected chi connectivity index (χ1v) is 5.41. The number of aryl methyl sites for hydroxylation is 1. The number of hydrogen-bond acceptors (Lipinski definition) is 4. The van der Waals surface area contributed by atoms with Gasteiger partial charge in [-0.2, -0.15) is 0 Å². The highest BCUT2D eigenvalue weighted by atomic mass is 16.4. The fourth-order valence-corrected chi connectivity index (χ4v) is 1.41. The Morgan fingerprint density at radius 2 is 2.25 bits per heavy atom. The van der Waals surface area contributed by atoms with Crippen LogP contribution in [-0.2, 0) is 19.5 Å². The molecule has 0 aliphatic rings. The van der Waals surface area contributed by atoms with Gasteiger partial charge in [0.15, 0.2) is 0 Å². The molecule has 0 amide bonds. The molecule has 16 heavy (non-hydrogen) atoms. The van der Waals surface area contributed by atoms with E-state index in [9.17, 15) is 0 Å². The fourth-order valence-electron chi connectivity index (χ4n) is 1.41. The van der Waals surface area contributed by atoms with Crippen molar-refractivity contribution in [3.63, 3.8) is 0 Å². The molecule has 0 saturated heterocycles. The summed E-state index contributed by atoms with van der Waals surface area (Å²) in [6.07, 6.45) is 6.28. The van der Waals surface area contributed by atoms with Crippen LogP contribution in [0.4, 0.5) is 0 Å². The summed E-state index contributed by atoms with van der Waals surface area (Å²) in [5.41, 5.74) is 1.16. The van der Waals surface area contributed by atoms with Gasteiger partial charge in [0, 0.05) is 25.4 Å². The van der Waals surface area contributed by atoms with Crippen LogP contribution in [0.15, 0.2) is 35.1 Å². The van der Waals surface area contributed by atoms with Gasteiger partial charge in [-0.1, -0.05) is 13.0 Å². The summed E-state index contributed by atoms with van der Waals surface area (Å²) in [5, 5.41) is 3.26. The van der Waals surface area contributed by atoms with Gasteiger partial charge in [0.25, 0.3) is 0 Å². The molecule has 0 aliphatic heterocycles. The van der Waals surface area contributed by atoms with Crippen molar-refractivity contribution in [2.75, 3.05) is 0 Å². The Kier molecular flexibility index (Phi) is 3.66. The van der Waals surface area contributed by atoms with Crippen LogP contribution in [0, 0.1) is 0 Å². The normalized spacial score (nSPS) is 10.6. The highest BCUT2D eigenvalue weighted by molar-refractivity contribution is 5.07. The fraction of sp³-hybridized carbons (Fsp3) is 0.333. The Hall–Kier alpha value is -1.68. The predicted molar refractivity (Wildman–Crippen MR) is 60.7 cm³/mol. The zero-order valence-electron chi connectivity index (χ0n) is 9.31. The first kappa shape index (κ1) is 10.8. The first-order chi connectivity index (χ1) is 7.88. The standard InChI is InChI=1S/C12H15N3O/c1-2-11-8-15-12(16-11)9-14-7-10-4-3-5-13-6-10/h3-6,8,14H,2,7,9H2,1H3. The predicted octanol–water partition coefficient (Wildman–Crippen LogP) is 1.92. The van der Waals surface area contributed by atoms with Crippen LogP contribution in [0.2, 0.25) is 0 Å². The van der Waals surface area contributed by atoms with E-state index in [0.717, 1.165) is 30.2 Å². The monoisotopic (exact) mass is 217 g/mol. The molecule has 2 rings (SSSR count). The number of aromatic nitrogens is 2. The average molecular weight is 217 g/mol. The van der Waals surface area contributed by atoms with E-state index in [-0.39, 0.29) is 0 Å². The number of pyridine rings is 1. The molecule has 4 heteroatoms. The van der Waals surface area contributed by atoms with Crippen molar-refractivity contribution in [3.8, 4) is 0 Å². The van der Waals surface area contributed by atoms with Crippen LogP contribution in [0.5, 0.6) is 0 Å². The molecule has 0 saturated carbocycles. The Morgan fingerprint density at radius 1 is 1.31 bits per heavy atom. The molecule has 0 radical (unpaired) electrons. The number of nitrogens with one attached hydrogen (secondary N) is 1. The lowest BCUT2D eigenvalue weighted by Crippen LogP contribution is -2.12. The Labute approximate surface area is 94.7 Å². The number of nitrogens with zero attached hydrogens (tertiary/aromatic N) is 2. The van der Waals surface area contributed by atoms with E-state index in [2.05, 4.69) is 15.3 Å². The summed E-state index contributed by atoms with van der Waals surface area (Å²) in [6.45, 7) is 3.47. The van der Waals surface area contributed by atoms with Crippen LogP contribution in [0.3, 0.4) is 0 Å². The summed E-state index contributed by atoms with van der Waals surface area (Å²) < 4.78 is 5.48.